The van der Waals surface area contributed by atoms with E-state index in [9.17, 15) is 0 Å². The van der Waals surface area contributed by atoms with E-state index in [1.165, 1.54) is 42.1 Å². The van der Waals surface area contributed by atoms with Crippen LogP contribution in [0.5, 0.6) is 0 Å². The summed E-state index contributed by atoms with van der Waals surface area (Å²) in [5, 5.41) is 5.03. The topological polar surface area (TPSA) is 25.8 Å². The van der Waals surface area contributed by atoms with E-state index in [1.54, 1.807) is 0 Å². The van der Waals surface area contributed by atoms with E-state index in [0.717, 1.165) is 50.3 Å². The molecule has 3 heteroatoms. The summed E-state index contributed by atoms with van der Waals surface area (Å²) >= 11 is 1.86. The van der Waals surface area contributed by atoms with Crippen molar-refractivity contribution in [2.45, 2.75) is 0 Å². The molecule has 0 amide bonds. The van der Waals surface area contributed by atoms with Crippen molar-refractivity contribution < 1.29 is 0 Å². The first kappa shape index (κ1) is 31.1. The van der Waals surface area contributed by atoms with Gasteiger partial charge in [-0.1, -0.05) is 152 Å². The van der Waals surface area contributed by atoms with Crippen LogP contribution in [0.1, 0.15) is 0 Å². The second-order valence-corrected chi connectivity index (χ2v) is 14.5. The molecule has 0 aliphatic heterocycles. The van der Waals surface area contributed by atoms with Crippen LogP contribution in [-0.2, 0) is 0 Å². The number of benzene rings is 8. The number of fused-ring (bicyclic) bond motifs is 4. The second kappa shape index (κ2) is 13.1. The third-order valence-electron chi connectivity index (χ3n) is 10.1. The lowest BCUT2D eigenvalue weighted by Crippen LogP contribution is -1.97. The Morgan fingerprint density at radius 2 is 0.906 bits per heavy atom. The van der Waals surface area contributed by atoms with Crippen LogP contribution in [0.4, 0.5) is 0 Å². The molecule has 0 radical (unpaired) electrons. The van der Waals surface area contributed by atoms with Gasteiger partial charge in [0.25, 0.3) is 0 Å². The van der Waals surface area contributed by atoms with Crippen LogP contribution in [0.2, 0.25) is 0 Å². The molecule has 10 aromatic rings. The van der Waals surface area contributed by atoms with Gasteiger partial charge >= 0.3 is 0 Å². The van der Waals surface area contributed by atoms with Crippen LogP contribution >= 0.6 is 11.3 Å². The molecule has 2 heterocycles. The van der Waals surface area contributed by atoms with Crippen molar-refractivity contribution in [3.05, 3.63) is 194 Å². The first-order chi connectivity index (χ1) is 26.2. The van der Waals surface area contributed by atoms with Gasteiger partial charge in [-0.15, -0.1) is 11.3 Å². The fraction of sp³-hybridized carbons (Fsp3) is 0. The average molecular weight is 693 g/mol. The van der Waals surface area contributed by atoms with Gasteiger partial charge in [-0.3, -0.25) is 0 Å². The summed E-state index contributed by atoms with van der Waals surface area (Å²) in [6.07, 6.45) is 0. The van der Waals surface area contributed by atoms with Gasteiger partial charge in [-0.2, -0.15) is 0 Å². The normalized spacial score (nSPS) is 11.4. The summed E-state index contributed by atoms with van der Waals surface area (Å²) in [6, 6.07) is 69.3. The highest BCUT2D eigenvalue weighted by Crippen LogP contribution is 2.42. The van der Waals surface area contributed by atoms with Gasteiger partial charge in [0.15, 0.2) is 5.82 Å². The van der Waals surface area contributed by atoms with Crippen LogP contribution in [0.25, 0.3) is 98.2 Å². The van der Waals surface area contributed by atoms with Gasteiger partial charge in [-0.05, 0) is 86.6 Å². The summed E-state index contributed by atoms with van der Waals surface area (Å²) in [5.74, 6) is 0.698. The van der Waals surface area contributed by atoms with Crippen LogP contribution in [-0.4, -0.2) is 9.97 Å². The Morgan fingerprint density at radius 1 is 0.321 bits per heavy atom. The van der Waals surface area contributed by atoms with Crippen molar-refractivity contribution in [3.63, 3.8) is 0 Å². The molecule has 0 fully saturated rings. The van der Waals surface area contributed by atoms with Crippen molar-refractivity contribution in [1.29, 1.82) is 0 Å². The molecule has 0 atom stereocenters. The van der Waals surface area contributed by atoms with Crippen LogP contribution < -0.4 is 0 Å². The lowest BCUT2D eigenvalue weighted by molar-refractivity contribution is 1.18. The van der Waals surface area contributed by atoms with Crippen molar-refractivity contribution in [1.82, 2.24) is 9.97 Å². The van der Waals surface area contributed by atoms with Crippen molar-refractivity contribution in [2.24, 2.45) is 0 Å². The summed E-state index contributed by atoms with van der Waals surface area (Å²) in [7, 11) is 0. The first-order valence-electron chi connectivity index (χ1n) is 17.9. The molecule has 0 saturated heterocycles. The summed E-state index contributed by atoms with van der Waals surface area (Å²) in [6.45, 7) is 0. The lowest BCUT2D eigenvalue weighted by atomic mass is 9.93. The highest BCUT2D eigenvalue weighted by molar-refractivity contribution is 7.26. The van der Waals surface area contributed by atoms with E-state index in [2.05, 4.69) is 182 Å². The zero-order valence-corrected chi connectivity index (χ0v) is 29.6. The first-order valence-corrected chi connectivity index (χ1v) is 18.7. The Bertz CT molecular complexity index is 2950. The molecule has 0 bridgehead atoms. The average Bonchev–Trinajstić information content (AvgIpc) is 3.63. The van der Waals surface area contributed by atoms with E-state index < -0.39 is 0 Å². The zero-order valence-electron chi connectivity index (χ0n) is 28.8. The van der Waals surface area contributed by atoms with Crippen molar-refractivity contribution in [3.8, 4) is 67.3 Å². The maximum atomic E-state index is 5.34. The summed E-state index contributed by atoms with van der Waals surface area (Å²) in [4.78, 5) is 10.5. The molecule has 8 aromatic carbocycles. The van der Waals surface area contributed by atoms with Crippen LogP contribution in [0.3, 0.4) is 0 Å². The maximum absolute atomic E-state index is 5.34. The predicted molar refractivity (Wildman–Crippen MR) is 225 cm³/mol. The lowest BCUT2D eigenvalue weighted by Gasteiger charge is -2.14. The molecule has 0 N–H and O–H groups in total. The molecule has 0 saturated carbocycles. The standard InChI is InChI=1S/C50H32N2S/c1-3-13-33(14-4-1)37-19-11-20-39(28-37)50-51-46(35-16-5-2-6-17-35)32-47(52-50)42-30-40(38-26-25-34-15-7-8-18-36(34)27-38)29-41(31-42)43-22-12-23-45-44-21-9-10-24-48(44)53-49(43)45/h1-32H. The van der Waals surface area contributed by atoms with E-state index in [0.29, 0.717) is 5.82 Å². The number of rotatable bonds is 6. The Labute approximate surface area is 312 Å². The molecule has 2 nitrogen and oxygen atoms in total. The molecular weight excluding hydrogens is 661 g/mol. The third kappa shape index (κ3) is 5.87. The van der Waals surface area contributed by atoms with Crippen molar-refractivity contribution >= 4 is 42.3 Å². The number of hydrogen-bond donors (Lipinski definition) is 0. The molecule has 0 aliphatic carbocycles. The Kier molecular flexibility index (Phi) is 7.71. The van der Waals surface area contributed by atoms with E-state index >= 15 is 0 Å². The maximum Gasteiger partial charge on any atom is 0.160 e. The number of aromatic nitrogens is 2. The van der Waals surface area contributed by atoms with Gasteiger partial charge < -0.3 is 0 Å². The molecule has 10 rings (SSSR count). The highest BCUT2D eigenvalue weighted by atomic mass is 32.1. The van der Waals surface area contributed by atoms with Crippen LogP contribution in [0.15, 0.2) is 194 Å². The number of nitrogens with zero attached hydrogens (tertiary/aromatic N) is 2. The van der Waals surface area contributed by atoms with Gasteiger partial charge in [0.05, 0.1) is 11.4 Å². The number of thiophene rings is 1. The Hall–Kier alpha value is -6.68. The summed E-state index contributed by atoms with van der Waals surface area (Å²) < 4.78 is 2.59. The minimum absolute atomic E-state index is 0.698. The second-order valence-electron chi connectivity index (χ2n) is 13.4. The fourth-order valence-corrected chi connectivity index (χ4v) is 8.63. The minimum atomic E-state index is 0.698. The van der Waals surface area contributed by atoms with E-state index in [-0.39, 0.29) is 0 Å². The van der Waals surface area contributed by atoms with Crippen molar-refractivity contribution in [2.75, 3.05) is 0 Å². The SMILES string of the molecule is c1ccc(-c2cccc(-c3nc(-c4ccccc4)cc(-c4cc(-c5ccc6ccccc6c5)cc(-c5cccc6c5sc5ccccc56)c4)n3)c2)cc1. The Balaban J connectivity index is 1.21. The monoisotopic (exact) mass is 692 g/mol. The van der Waals surface area contributed by atoms with Gasteiger partial charge in [0.1, 0.15) is 0 Å². The molecule has 0 aliphatic rings. The van der Waals surface area contributed by atoms with Gasteiger partial charge in [0.2, 0.25) is 0 Å². The number of hydrogen-bond acceptors (Lipinski definition) is 3. The summed E-state index contributed by atoms with van der Waals surface area (Å²) in [5.41, 5.74) is 11.8. The van der Waals surface area contributed by atoms with E-state index in [4.69, 9.17) is 9.97 Å². The zero-order chi connectivity index (χ0) is 35.1. The third-order valence-corrected chi connectivity index (χ3v) is 11.3. The Morgan fingerprint density at radius 3 is 1.75 bits per heavy atom. The predicted octanol–water partition coefficient (Wildman–Crippen LogP) is 14.0. The van der Waals surface area contributed by atoms with Gasteiger partial charge in [0, 0.05) is 36.9 Å². The van der Waals surface area contributed by atoms with E-state index in [1.807, 2.05) is 23.5 Å². The molecule has 0 unspecified atom stereocenters. The molecule has 2 aromatic heterocycles. The molecule has 0 spiro atoms. The fourth-order valence-electron chi connectivity index (χ4n) is 7.39. The molecular formula is C50H32N2S. The molecule has 248 valence electrons. The largest absolute Gasteiger partial charge is 0.228 e. The van der Waals surface area contributed by atoms with Gasteiger partial charge in [-0.25, -0.2) is 9.97 Å². The highest BCUT2D eigenvalue weighted by Gasteiger charge is 2.16. The molecule has 53 heavy (non-hydrogen) atoms. The minimum Gasteiger partial charge on any atom is -0.228 e. The quantitative estimate of drug-likeness (QED) is 0.173. The smallest absolute Gasteiger partial charge is 0.160 e. The van der Waals surface area contributed by atoms with Crippen LogP contribution in [0, 0.1) is 0 Å².